The average molecular weight is 350 g/mol. The number of aromatic nitrogens is 2. The van der Waals surface area contributed by atoms with Crippen molar-refractivity contribution in [3.05, 3.63) is 66.0 Å². The molecule has 3 rings (SSSR count). The third-order valence-electron chi connectivity index (χ3n) is 4.13. The summed E-state index contributed by atoms with van der Waals surface area (Å²) in [6.07, 6.45) is 0.736. The second kappa shape index (κ2) is 8.29. The average Bonchev–Trinajstić information content (AvgIpc) is 3.03. The molecule has 0 aliphatic carbocycles. The van der Waals surface area contributed by atoms with E-state index in [-0.39, 0.29) is 24.9 Å². The monoisotopic (exact) mass is 350 g/mol. The van der Waals surface area contributed by atoms with E-state index < -0.39 is 0 Å². The van der Waals surface area contributed by atoms with Gasteiger partial charge in [-0.05, 0) is 17.7 Å². The van der Waals surface area contributed by atoms with Crippen molar-refractivity contribution in [2.45, 2.75) is 26.4 Å². The number of nitrogens with one attached hydrogen (secondary N) is 2. The summed E-state index contributed by atoms with van der Waals surface area (Å²) in [5, 5.41) is 5.47. The largest absolute Gasteiger partial charge is 0.350 e. The van der Waals surface area contributed by atoms with Crippen LogP contribution >= 0.6 is 0 Å². The summed E-state index contributed by atoms with van der Waals surface area (Å²) in [5.41, 5.74) is 2.82. The van der Waals surface area contributed by atoms with Crippen LogP contribution < -0.4 is 10.6 Å². The molecule has 0 saturated carbocycles. The number of benzene rings is 2. The lowest BCUT2D eigenvalue weighted by molar-refractivity contribution is -0.126. The van der Waals surface area contributed by atoms with E-state index in [9.17, 15) is 9.59 Å². The number of hydrogen-bond donors (Lipinski definition) is 2. The number of amides is 2. The van der Waals surface area contributed by atoms with Gasteiger partial charge in [-0.2, -0.15) is 0 Å². The van der Waals surface area contributed by atoms with Gasteiger partial charge in [-0.25, -0.2) is 4.98 Å². The molecule has 6 heteroatoms. The smallest absolute Gasteiger partial charge is 0.240 e. The fraction of sp³-hybridized carbons (Fsp3) is 0.250. The maximum absolute atomic E-state index is 12.3. The van der Waals surface area contributed by atoms with E-state index in [1.807, 2.05) is 66.1 Å². The molecular formula is C20H22N4O2. The first kappa shape index (κ1) is 17.7. The molecule has 2 aromatic carbocycles. The molecule has 0 saturated heterocycles. The van der Waals surface area contributed by atoms with Crippen LogP contribution in [0.15, 0.2) is 54.6 Å². The Morgan fingerprint density at radius 1 is 0.962 bits per heavy atom. The molecule has 134 valence electrons. The Hall–Kier alpha value is -3.15. The Bertz CT molecular complexity index is 903. The van der Waals surface area contributed by atoms with Crippen LogP contribution in [0.1, 0.15) is 18.3 Å². The van der Waals surface area contributed by atoms with Crippen LogP contribution in [0.5, 0.6) is 0 Å². The van der Waals surface area contributed by atoms with Crippen LogP contribution in [0.4, 0.5) is 0 Å². The van der Waals surface area contributed by atoms with Crippen LogP contribution in [0, 0.1) is 0 Å². The summed E-state index contributed by atoms with van der Waals surface area (Å²) >= 11 is 0. The van der Waals surface area contributed by atoms with Gasteiger partial charge in [0, 0.05) is 13.0 Å². The Kier molecular flexibility index (Phi) is 5.63. The Balaban J connectivity index is 1.54. The number of aryl methyl sites for hydroxylation is 1. The third kappa shape index (κ3) is 4.27. The molecular weight excluding hydrogens is 328 g/mol. The van der Waals surface area contributed by atoms with E-state index in [1.54, 1.807) is 0 Å². The highest BCUT2D eigenvalue weighted by Gasteiger charge is 2.13. The van der Waals surface area contributed by atoms with Gasteiger partial charge in [-0.3, -0.25) is 9.59 Å². The second-order valence-corrected chi connectivity index (χ2v) is 6.00. The zero-order valence-corrected chi connectivity index (χ0v) is 14.7. The summed E-state index contributed by atoms with van der Waals surface area (Å²) in [7, 11) is 0. The molecule has 26 heavy (non-hydrogen) atoms. The van der Waals surface area contributed by atoms with Crippen LogP contribution in [-0.4, -0.2) is 27.9 Å². The number of fused-ring (bicyclic) bond motifs is 1. The molecule has 1 heterocycles. The predicted octanol–water partition coefficient (Wildman–Crippen LogP) is 2.03. The highest BCUT2D eigenvalue weighted by molar-refractivity contribution is 5.85. The van der Waals surface area contributed by atoms with Gasteiger partial charge in [-0.1, -0.05) is 49.4 Å². The van der Waals surface area contributed by atoms with E-state index in [4.69, 9.17) is 0 Å². The zero-order valence-electron chi connectivity index (χ0n) is 14.7. The van der Waals surface area contributed by atoms with Crippen molar-refractivity contribution < 1.29 is 9.59 Å². The summed E-state index contributed by atoms with van der Waals surface area (Å²) in [4.78, 5) is 28.7. The predicted molar refractivity (Wildman–Crippen MR) is 100 cm³/mol. The van der Waals surface area contributed by atoms with Crippen LogP contribution in [0.25, 0.3) is 11.0 Å². The number of carbonyl (C=O) groups excluding carboxylic acids is 2. The molecule has 1 aromatic heterocycles. The number of nitrogens with zero attached hydrogens (tertiary/aromatic N) is 2. The normalized spacial score (nSPS) is 10.7. The SMILES string of the molecule is CCc1nc2ccccc2n1CC(=O)NCC(=O)NCc1ccccc1. The number of hydrogen-bond acceptors (Lipinski definition) is 3. The van der Waals surface area contributed by atoms with E-state index in [2.05, 4.69) is 15.6 Å². The van der Waals surface area contributed by atoms with Gasteiger partial charge >= 0.3 is 0 Å². The molecule has 0 spiro atoms. The zero-order chi connectivity index (χ0) is 18.4. The molecule has 2 N–H and O–H groups in total. The standard InChI is InChI=1S/C20H22N4O2/c1-2-18-23-16-10-6-7-11-17(16)24(18)14-20(26)22-13-19(25)21-12-15-8-4-3-5-9-15/h3-11H,2,12-14H2,1H3,(H,21,25)(H,22,26). The molecule has 0 bridgehead atoms. The van der Waals surface area contributed by atoms with Gasteiger partial charge in [0.2, 0.25) is 11.8 Å². The number of rotatable bonds is 7. The van der Waals surface area contributed by atoms with Crippen molar-refractivity contribution in [1.29, 1.82) is 0 Å². The first-order chi connectivity index (χ1) is 12.7. The van der Waals surface area contributed by atoms with Crippen molar-refractivity contribution in [3.8, 4) is 0 Å². The van der Waals surface area contributed by atoms with Gasteiger partial charge in [0.15, 0.2) is 0 Å². The van der Waals surface area contributed by atoms with E-state index in [0.717, 1.165) is 28.8 Å². The van der Waals surface area contributed by atoms with Crippen LogP contribution in [0.2, 0.25) is 0 Å². The summed E-state index contributed by atoms with van der Waals surface area (Å²) in [6, 6.07) is 17.4. The molecule has 0 atom stereocenters. The quantitative estimate of drug-likeness (QED) is 0.685. The molecule has 6 nitrogen and oxygen atoms in total. The summed E-state index contributed by atoms with van der Waals surface area (Å²) in [5.74, 6) is 0.431. The highest BCUT2D eigenvalue weighted by Crippen LogP contribution is 2.16. The Morgan fingerprint density at radius 2 is 1.69 bits per heavy atom. The lowest BCUT2D eigenvalue weighted by atomic mass is 10.2. The highest BCUT2D eigenvalue weighted by atomic mass is 16.2. The Morgan fingerprint density at radius 3 is 2.46 bits per heavy atom. The van der Waals surface area contributed by atoms with Gasteiger partial charge < -0.3 is 15.2 Å². The van der Waals surface area contributed by atoms with Crippen molar-refractivity contribution >= 4 is 22.8 Å². The maximum Gasteiger partial charge on any atom is 0.240 e. The Labute approximate surface area is 152 Å². The first-order valence-electron chi connectivity index (χ1n) is 8.69. The molecule has 0 aliphatic rings. The minimum atomic E-state index is -0.214. The first-order valence-corrected chi connectivity index (χ1v) is 8.69. The fourth-order valence-corrected chi connectivity index (χ4v) is 2.81. The van der Waals surface area contributed by atoms with E-state index >= 15 is 0 Å². The topological polar surface area (TPSA) is 76.0 Å². The maximum atomic E-state index is 12.3. The molecule has 3 aromatic rings. The molecule has 0 radical (unpaired) electrons. The lowest BCUT2D eigenvalue weighted by Crippen LogP contribution is -2.38. The number of imidazole rings is 1. The third-order valence-corrected chi connectivity index (χ3v) is 4.13. The van der Waals surface area contributed by atoms with Crippen molar-refractivity contribution in [3.63, 3.8) is 0 Å². The van der Waals surface area contributed by atoms with Crippen LogP contribution in [-0.2, 0) is 29.1 Å². The summed E-state index contributed by atoms with van der Waals surface area (Å²) < 4.78 is 1.90. The molecule has 0 fully saturated rings. The lowest BCUT2D eigenvalue weighted by Gasteiger charge is -2.10. The minimum Gasteiger partial charge on any atom is -0.350 e. The second-order valence-electron chi connectivity index (χ2n) is 6.00. The van der Waals surface area contributed by atoms with E-state index in [0.29, 0.717) is 6.54 Å². The molecule has 0 aliphatic heterocycles. The fourth-order valence-electron chi connectivity index (χ4n) is 2.81. The molecule has 0 unspecified atom stereocenters. The number of carbonyl (C=O) groups is 2. The minimum absolute atomic E-state index is 0.0419. The van der Waals surface area contributed by atoms with Crippen molar-refractivity contribution in [2.75, 3.05) is 6.54 Å². The van der Waals surface area contributed by atoms with Crippen molar-refractivity contribution in [1.82, 2.24) is 20.2 Å². The van der Waals surface area contributed by atoms with Gasteiger partial charge in [0.1, 0.15) is 12.4 Å². The van der Waals surface area contributed by atoms with Gasteiger partial charge in [0.05, 0.1) is 17.6 Å². The van der Waals surface area contributed by atoms with E-state index in [1.165, 1.54) is 0 Å². The van der Waals surface area contributed by atoms with Gasteiger partial charge in [0.25, 0.3) is 0 Å². The summed E-state index contributed by atoms with van der Waals surface area (Å²) in [6.45, 7) is 2.56. The van der Waals surface area contributed by atoms with Crippen LogP contribution in [0.3, 0.4) is 0 Å². The number of para-hydroxylation sites is 2. The van der Waals surface area contributed by atoms with Gasteiger partial charge in [-0.15, -0.1) is 0 Å². The molecule has 2 amide bonds. The van der Waals surface area contributed by atoms with Crippen molar-refractivity contribution in [2.24, 2.45) is 0 Å².